The van der Waals surface area contributed by atoms with Crippen LogP contribution >= 0.6 is 0 Å². The van der Waals surface area contributed by atoms with Gasteiger partial charge in [-0.3, -0.25) is 4.79 Å². The van der Waals surface area contributed by atoms with E-state index in [1.165, 1.54) is 26.8 Å². The van der Waals surface area contributed by atoms with Gasteiger partial charge in [-0.15, -0.1) is 0 Å². The molecule has 170 valence electrons. The van der Waals surface area contributed by atoms with E-state index < -0.39 is 42.1 Å². The van der Waals surface area contributed by atoms with Crippen molar-refractivity contribution in [3.05, 3.63) is 23.8 Å². The van der Waals surface area contributed by atoms with Crippen molar-refractivity contribution >= 4 is 23.8 Å². The predicted octanol–water partition coefficient (Wildman–Crippen LogP) is 2.33. The zero-order valence-corrected chi connectivity index (χ0v) is 17.5. The molecule has 0 bridgehead atoms. The van der Waals surface area contributed by atoms with E-state index in [0.29, 0.717) is 17.7 Å². The lowest BCUT2D eigenvalue weighted by molar-refractivity contribution is -0.197. The van der Waals surface area contributed by atoms with Crippen LogP contribution in [-0.4, -0.2) is 66.8 Å². The van der Waals surface area contributed by atoms with Gasteiger partial charge in [-0.1, -0.05) is 11.6 Å². The Bertz CT molecular complexity index is 677. The third kappa shape index (κ3) is 7.20. The molecule has 0 rings (SSSR count). The van der Waals surface area contributed by atoms with Crippen LogP contribution < -0.4 is 0 Å². The molecule has 0 radical (unpaired) electrons. The highest BCUT2D eigenvalue weighted by Gasteiger charge is 2.58. The Morgan fingerprint density at radius 3 is 1.70 bits per heavy atom. The highest BCUT2D eigenvalue weighted by molar-refractivity contribution is 6.11. The minimum absolute atomic E-state index is 0.0360. The lowest BCUT2D eigenvalue weighted by Gasteiger charge is -2.37. The molecule has 0 N–H and O–H groups in total. The maximum atomic E-state index is 13.3. The number of esters is 3. The van der Waals surface area contributed by atoms with Crippen LogP contribution in [-0.2, 0) is 33.4 Å². The molecule has 0 aliphatic heterocycles. The third-order valence-corrected chi connectivity index (χ3v) is 3.52. The van der Waals surface area contributed by atoms with E-state index >= 15 is 0 Å². The van der Waals surface area contributed by atoms with Crippen LogP contribution in [0.15, 0.2) is 23.8 Å². The molecule has 1 amide bonds. The van der Waals surface area contributed by atoms with Gasteiger partial charge in [-0.05, 0) is 40.7 Å². The molecule has 0 atom stereocenters. The number of allylic oxidation sites excluding steroid dienone is 1. The second-order valence-corrected chi connectivity index (χ2v) is 5.99. The maximum Gasteiger partial charge on any atom is 0.471 e. The highest BCUT2D eigenvalue weighted by Crippen LogP contribution is 2.29. The largest absolute Gasteiger partial charge is 0.471 e. The first kappa shape index (κ1) is 27.1. The minimum atomic E-state index is -5.43. The van der Waals surface area contributed by atoms with Gasteiger partial charge < -0.3 is 19.1 Å². The van der Waals surface area contributed by atoms with E-state index in [0.717, 1.165) is 0 Å². The number of hydrogen-bond acceptors (Lipinski definition) is 7. The summed E-state index contributed by atoms with van der Waals surface area (Å²) in [5.74, 6) is -6.56. The summed E-state index contributed by atoms with van der Waals surface area (Å²) in [6, 6.07) is 0. The number of ether oxygens (including phenoxy) is 3. The molecule has 30 heavy (non-hydrogen) atoms. The van der Waals surface area contributed by atoms with Crippen molar-refractivity contribution in [1.82, 2.24) is 4.90 Å². The summed E-state index contributed by atoms with van der Waals surface area (Å²) in [6.45, 7) is 5.78. The molecule has 0 unspecified atom stereocenters. The number of nitrogens with zero attached hydrogens (tertiary/aromatic N) is 1. The summed E-state index contributed by atoms with van der Waals surface area (Å²) in [6.07, 6.45) is -3.12. The number of carbonyl (C=O) groups excluding carboxylic acids is 4. The standard InChI is InChI=1S/C19H26F3NO7/c1-6-28-14(24)9-11-18(16(26)29-7-2,17(27)30-8-3)23(12-10-13(4)5)15(25)19(20,21)22/h9-11H,6-8,12H2,1-5H3. The molecule has 0 fully saturated rings. The summed E-state index contributed by atoms with van der Waals surface area (Å²) in [4.78, 5) is 49.5. The Morgan fingerprint density at radius 1 is 0.867 bits per heavy atom. The second kappa shape index (κ2) is 12.0. The number of halogens is 3. The van der Waals surface area contributed by atoms with Crippen LogP contribution in [0, 0.1) is 0 Å². The van der Waals surface area contributed by atoms with Crippen molar-refractivity contribution in [2.75, 3.05) is 26.4 Å². The first-order valence-electron chi connectivity index (χ1n) is 9.10. The van der Waals surface area contributed by atoms with Gasteiger partial charge in [0.05, 0.1) is 19.8 Å². The molecule has 0 aliphatic rings. The second-order valence-electron chi connectivity index (χ2n) is 5.99. The molecule has 0 spiro atoms. The van der Waals surface area contributed by atoms with Crippen LogP contribution in [0.4, 0.5) is 13.2 Å². The van der Waals surface area contributed by atoms with E-state index in [9.17, 15) is 32.3 Å². The molecular formula is C19H26F3NO7. The Labute approximate surface area is 172 Å². The lowest BCUT2D eigenvalue weighted by atomic mass is 9.95. The lowest BCUT2D eigenvalue weighted by Crippen LogP contribution is -2.64. The quantitative estimate of drug-likeness (QED) is 0.170. The van der Waals surface area contributed by atoms with E-state index in [4.69, 9.17) is 9.47 Å². The van der Waals surface area contributed by atoms with Gasteiger partial charge in [0.25, 0.3) is 5.54 Å². The zero-order valence-electron chi connectivity index (χ0n) is 17.5. The molecule has 8 nitrogen and oxygen atoms in total. The van der Waals surface area contributed by atoms with Gasteiger partial charge in [0.15, 0.2) is 0 Å². The number of alkyl halides is 3. The molecule has 0 heterocycles. The molecule has 11 heteroatoms. The number of carbonyl (C=O) groups is 4. The fourth-order valence-corrected chi connectivity index (χ4v) is 2.20. The summed E-state index contributed by atoms with van der Waals surface area (Å²) in [5, 5.41) is 0. The normalized spacial score (nSPS) is 11.6. The molecule has 0 aliphatic carbocycles. The average Bonchev–Trinajstić information content (AvgIpc) is 2.63. The Kier molecular flexibility index (Phi) is 10.8. The monoisotopic (exact) mass is 437 g/mol. The fraction of sp³-hybridized carbons (Fsp3) is 0.579. The van der Waals surface area contributed by atoms with Gasteiger partial charge in [-0.25, -0.2) is 14.4 Å². The summed E-state index contributed by atoms with van der Waals surface area (Å²) >= 11 is 0. The fourth-order valence-electron chi connectivity index (χ4n) is 2.20. The van der Waals surface area contributed by atoms with Gasteiger partial charge in [0.2, 0.25) is 0 Å². The van der Waals surface area contributed by atoms with Crippen molar-refractivity contribution in [2.45, 2.75) is 46.3 Å². The Hall–Kier alpha value is -2.85. The van der Waals surface area contributed by atoms with E-state index in [2.05, 4.69) is 4.74 Å². The van der Waals surface area contributed by atoms with Gasteiger partial charge in [0.1, 0.15) is 0 Å². The molecule has 0 saturated heterocycles. The van der Waals surface area contributed by atoms with Crippen molar-refractivity contribution in [3.8, 4) is 0 Å². The van der Waals surface area contributed by atoms with Crippen LogP contribution in [0.25, 0.3) is 0 Å². The molecule has 0 aromatic carbocycles. The summed E-state index contributed by atoms with van der Waals surface area (Å²) in [7, 11) is 0. The third-order valence-electron chi connectivity index (χ3n) is 3.52. The minimum Gasteiger partial charge on any atom is -0.464 e. The van der Waals surface area contributed by atoms with Crippen molar-refractivity contribution in [2.24, 2.45) is 0 Å². The van der Waals surface area contributed by atoms with Crippen molar-refractivity contribution in [3.63, 3.8) is 0 Å². The Morgan fingerprint density at radius 2 is 1.33 bits per heavy atom. The molecule has 0 aromatic rings. The molecule has 0 saturated carbocycles. The Balaban J connectivity index is 6.92. The predicted molar refractivity (Wildman–Crippen MR) is 99.0 cm³/mol. The number of amides is 1. The van der Waals surface area contributed by atoms with Crippen LogP contribution in [0.3, 0.4) is 0 Å². The van der Waals surface area contributed by atoms with E-state index in [1.807, 2.05) is 0 Å². The number of hydrogen-bond donors (Lipinski definition) is 0. The summed E-state index contributed by atoms with van der Waals surface area (Å²) < 4.78 is 54.3. The van der Waals surface area contributed by atoms with E-state index in [1.54, 1.807) is 13.8 Å². The first-order valence-corrected chi connectivity index (χ1v) is 9.10. The number of rotatable bonds is 10. The topological polar surface area (TPSA) is 99.2 Å². The SMILES string of the molecule is CCOC(=O)C=CC(C(=O)OCC)(C(=O)OCC)N(CC=C(C)C)C(=O)C(F)(F)F. The highest BCUT2D eigenvalue weighted by atomic mass is 19.4. The summed E-state index contributed by atoms with van der Waals surface area (Å²) in [5.41, 5.74) is -2.50. The van der Waals surface area contributed by atoms with Crippen LogP contribution in [0.2, 0.25) is 0 Å². The van der Waals surface area contributed by atoms with Gasteiger partial charge in [-0.2, -0.15) is 13.2 Å². The maximum absolute atomic E-state index is 13.3. The van der Waals surface area contributed by atoms with Gasteiger partial charge in [0, 0.05) is 12.6 Å². The average molecular weight is 437 g/mol. The molecule has 0 aromatic heterocycles. The van der Waals surface area contributed by atoms with E-state index in [-0.39, 0.29) is 24.7 Å². The van der Waals surface area contributed by atoms with Crippen LogP contribution in [0.1, 0.15) is 34.6 Å². The van der Waals surface area contributed by atoms with Gasteiger partial charge >= 0.3 is 30.0 Å². The van der Waals surface area contributed by atoms with Crippen molar-refractivity contribution in [1.29, 1.82) is 0 Å². The van der Waals surface area contributed by atoms with Crippen LogP contribution in [0.5, 0.6) is 0 Å². The first-order chi connectivity index (χ1) is 13.9. The zero-order chi connectivity index (χ0) is 23.5. The van der Waals surface area contributed by atoms with Crippen molar-refractivity contribution < 1.29 is 46.6 Å². The smallest absolute Gasteiger partial charge is 0.464 e. The molecular weight excluding hydrogens is 411 g/mol.